The number of fused-ring (bicyclic) bond motifs is 3. The Kier molecular flexibility index (Phi) is 4.28. The van der Waals surface area contributed by atoms with Crippen molar-refractivity contribution < 1.29 is 0 Å². The topological polar surface area (TPSA) is 15.8 Å². The minimum atomic E-state index is -0.524. The van der Waals surface area contributed by atoms with Crippen molar-refractivity contribution in [1.29, 1.82) is 0 Å². The van der Waals surface area contributed by atoms with Crippen LogP contribution in [0.3, 0.4) is 0 Å². The number of H-pyrrole nitrogens is 1. The van der Waals surface area contributed by atoms with Crippen LogP contribution in [0.4, 0.5) is 0 Å². The molecule has 0 fully saturated rings. The van der Waals surface area contributed by atoms with Crippen LogP contribution < -0.4 is 0 Å². The Morgan fingerprint density at radius 1 is 0.690 bits per heavy atom. The van der Waals surface area contributed by atoms with Gasteiger partial charge in [-0.3, -0.25) is 0 Å². The molecule has 1 heteroatoms. The molecule has 0 saturated carbocycles. The molecule has 1 N–H and O–H groups in total. The number of aromatic amines is 1. The molecule has 0 spiro atoms. The highest BCUT2D eigenvalue weighted by Crippen LogP contribution is 2.36. The predicted octanol–water partition coefficient (Wildman–Crippen LogP) is 5.83. The van der Waals surface area contributed by atoms with Gasteiger partial charge in [-0.05, 0) is 42.0 Å². The molecule has 1 nitrogen and oxygen atoms in total. The third kappa shape index (κ3) is 3.47. The summed E-state index contributed by atoms with van der Waals surface area (Å²) in [7, 11) is 0. The van der Waals surface area contributed by atoms with Gasteiger partial charge < -0.3 is 4.98 Å². The fourth-order valence-corrected chi connectivity index (χ4v) is 3.73. The molecule has 1 aromatic heterocycles. The molecule has 0 bridgehead atoms. The van der Waals surface area contributed by atoms with Crippen LogP contribution in [0, 0.1) is 29.1 Å². The van der Waals surface area contributed by atoms with E-state index in [1.807, 2.05) is 60.7 Å². The second-order valence-electron chi connectivity index (χ2n) is 7.28. The molecule has 0 amide bonds. The highest BCUT2D eigenvalue weighted by molar-refractivity contribution is 5.88. The van der Waals surface area contributed by atoms with Crippen LogP contribution >= 0.6 is 0 Å². The summed E-state index contributed by atoms with van der Waals surface area (Å²) in [5.41, 5.74) is 5.09. The SMILES string of the molecule is C(#CC1(C#Cc2ccccc2)C=Cc2[nH]c3ccccc3c2C1)c1ccccc1. The van der Waals surface area contributed by atoms with Gasteiger partial charge in [0.15, 0.2) is 0 Å². The Bertz CT molecular complexity index is 1260. The summed E-state index contributed by atoms with van der Waals surface area (Å²) in [6.07, 6.45) is 5.05. The lowest BCUT2D eigenvalue weighted by Gasteiger charge is -2.22. The standard InChI is InChI=1S/C28H19N/c1-3-9-22(10-4-1)15-18-28(19-16-23-11-5-2-6-12-23)20-17-27-25(21-28)24-13-7-8-14-26(24)29-27/h1-14,17,20,29H,21H2. The van der Waals surface area contributed by atoms with E-state index in [9.17, 15) is 0 Å². The smallest absolute Gasteiger partial charge is 0.115 e. The molecular formula is C28H19N. The molecule has 1 aliphatic carbocycles. The van der Waals surface area contributed by atoms with Crippen molar-refractivity contribution >= 4 is 17.0 Å². The van der Waals surface area contributed by atoms with E-state index in [0.29, 0.717) is 0 Å². The fraction of sp³-hybridized carbons (Fsp3) is 0.0714. The van der Waals surface area contributed by atoms with Crippen molar-refractivity contribution in [2.24, 2.45) is 5.41 Å². The molecule has 29 heavy (non-hydrogen) atoms. The van der Waals surface area contributed by atoms with Crippen molar-refractivity contribution in [2.75, 3.05) is 0 Å². The van der Waals surface area contributed by atoms with Gasteiger partial charge in [0.2, 0.25) is 0 Å². The zero-order valence-electron chi connectivity index (χ0n) is 15.9. The Morgan fingerprint density at radius 3 is 1.93 bits per heavy atom. The summed E-state index contributed by atoms with van der Waals surface area (Å²) in [5.74, 6) is 13.7. The van der Waals surface area contributed by atoms with Crippen LogP contribution in [-0.2, 0) is 6.42 Å². The van der Waals surface area contributed by atoms with E-state index in [1.165, 1.54) is 10.9 Å². The number of nitrogens with one attached hydrogen (secondary N) is 1. The van der Waals surface area contributed by atoms with Crippen molar-refractivity contribution in [1.82, 2.24) is 4.98 Å². The lowest BCUT2D eigenvalue weighted by Crippen LogP contribution is -2.20. The molecule has 0 saturated heterocycles. The number of aromatic nitrogens is 1. The molecule has 0 atom stereocenters. The summed E-state index contributed by atoms with van der Waals surface area (Å²) in [6.45, 7) is 0. The highest BCUT2D eigenvalue weighted by atomic mass is 14.7. The van der Waals surface area contributed by atoms with Gasteiger partial charge in [0.1, 0.15) is 5.41 Å². The van der Waals surface area contributed by atoms with Gasteiger partial charge >= 0.3 is 0 Å². The van der Waals surface area contributed by atoms with Gasteiger partial charge in [0.25, 0.3) is 0 Å². The van der Waals surface area contributed by atoms with E-state index in [4.69, 9.17) is 0 Å². The Labute approximate surface area is 171 Å². The predicted molar refractivity (Wildman–Crippen MR) is 120 cm³/mol. The molecular weight excluding hydrogens is 350 g/mol. The molecule has 4 aromatic rings. The highest BCUT2D eigenvalue weighted by Gasteiger charge is 2.29. The van der Waals surface area contributed by atoms with Crippen LogP contribution in [-0.4, -0.2) is 4.98 Å². The van der Waals surface area contributed by atoms with Gasteiger partial charge in [0.05, 0.1) is 0 Å². The molecule has 5 rings (SSSR count). The van der Waals surface area contributed by atoms with Crippen LogP contribution in [0.5, 0.6) is 0 Å². The first-order chi connectivity index (χ1) is 14.3. The number of benzene rings is 3. The normalized spacial score (nSPS) is 13.7. The average molecular weight is 369 g/mol. The first-order valence-corrected chi connectivity index (χ1v) is 9.77. The number of hydrogen-bond acceptors (Lipinski definition) is 0. The van der Waals surface area contributed by atoms with Crippen molar-refractivity contribution in [3.63, 3.8) is 0 Å². The average Bonchev–Trinajstić information content (AvgIpc) is 3.16. The molecule has 0 unspecified atom stereocenters. The van der Waals surface area contributed by atoms with Gasteiger partial charge in [0, 0.05) is 34.1 Å². The maximum Gasteiger partial charge on any atom is 0.115 e. The third-order valence-electron chi connectivity index (χ3n) is 5.24. The minimum absolute atomic E-state index is 0.524. The van der Waals surface area contributed by atoms with Gasteiger partial charge in [-0.15, -0.1) is 0 Å². The van der Waals surface area contributed by atoms with Crippen molar-refractivity contribution in [3.05, 3.63) is 113 Å². The van der Waals surface area contributed by atoms with E-state index < -0.39 is 5.41 Å². The van der Waals surface area contributed by atoms with E-state index in [0.717, 1.165) is 28.8 Å². The lowest BCUT2D eigenvalue weighted by atomic mass is 9.78. The second kappa shape index (κ2) is 7.23. The van der Waals surface area contributed by atoms with Gasteiger partial charge in [-0.25, -0.2) is 0 Å². The number of para-hydroxylation sites is 1. The zero-order chi connectivity index (χ0) is 19.5. The minimum Gasteiger partial charge on any atom is -0.355 e. The largest absolute Gasteiger partial charge is 0.355 e. The van der Waals surface area contributed by atoms with E-state index >= 15 is 0 Å². The van der Waals surface area contributed by atoms with Gasteiger partial charge in [-0.2, -0.15) is 0 Å². The summed E-state index contributed by atoms with van der Waals surface area (Å²) < 4.78 is 0. The molecule has 0 aliphatic heterocycles. The maximum atomic E-state index is 3.52. The number of allylic oxidation sites excluding steroid dienone is 1. The van der Waals surface area contributed by atoms with E-state index in [1.54, 1.807) is 0 Å². The monoisotopic (exact) mass is 369 g/mol. The molecule has 136 valence electrons. The van der Waals surface area contributed by atoms with Crippen LogP contribution in [0.1, 0.15) is 22.4 Å². The first kappa shape index (κ1) is 17.2. The summed E-state index contributed by atoms with van der Waals surface area (Å²) >= 11 is 0. The van der Waals surface area contributed by atoms with Gasteiger partial charge in [-0.1, -0.05) is 84.4 Å². The van der Waals surface area contributed by atoms with E-state index in [2.05, 4.69) is 65.1 Å². The molecule has 3 aromatic carbocycles. The molecule has 1 aliphatic rings. The van der Waals surface area contributed by atoms with Crippen molar-refractivity contribution in [3.8, 4) is 23.7 Å². The third-order valence-corrected chi connectivity index (χ3v) is 5.24. The molecule has 1 heterocycles. The molecule has 0 radical (unpaired) electrons. The summed E-state index contributed by atoms with van der Waals surface area (Å²) in [6, 6.07) is 28.7. The number of rotatable bonds is 0. The fourth-order valence-electron chi connectivity index (χ4n) is 3.73. The summed E-state index contributed by atoms with van der Waals surface area (Å²) in [5, 5.41) is 1.25. The van der Waals surface area contributed by atoms with Crippen LogP contribution in [0.25, 0.3) is 17.0 Å². The lowest BCUT2D eigenvalue weighted by molar-refractivity contribution is 0.675. The van der Waals surface area contributed by atoms with Crippen LogP contribution in [0.15, 0.2) is 91.0 Å². The number of hydrogen-bond donors (Lipinski definition) is 1. The zero-order valence-corrected chi connectivity index (χ0v) is 15.9. The Hall–Kier alpha value is -3.94. The van der Waals surface area contributed by atoms with Crippen LogP contribution in [0.2, 0.25) is 0 Å². The first-order valence-electron chi connectivity index (χ1n) is 9.77. The Balaban J connectivity index is 1.62. The maximum absolute atomic E-state index is 3.52. The summed E-state index contributed by atoms with van der Waals surface area (Å²) in [4.78, 5) is 3.52. The quantitative estimate of drug-likeness (QED) is 0.376. The Morgan fingerprint density at radius 2 is 1.28 bits per heavy atom. The van der Waals surface area contributed by atoms with E-state index in [-0.39, 0.29) is 0 Å². The second-order valence-corrected chi connectivity index (χ2v) is 7.28. The van der Waals surface area contributed by atoms with Crippen molar-refractivity contribution in [2.45, 2.75) is 6.42 Å².